The third-order valence-corrected chi connectivity index (χ3v) is 1.68. The molecule has 0 unspecified atom stereocenters. The Bertz CT molecular complexity index is 143. The van der Waals surface area contributed by atoms with Gasteiger partial charge in [0.25, 0.3) is 0 Å². The summed E-state index contributed by atoms with van der Waals surface area (Å²) in [5, 5.41) is 11.3. The number of hydrogen-bond donors (Lipinski definition) is 4. The van der Waals surface area contributed by atoms with E-state index in [1.807, 2.05) is 14.1 Å². The lowest BCUT2D eigenvalue weighted by atomic mass is 10.3. The van der Waals surface area contributed by atoms with Crippen LogP contribution >= 0.6 is 18.1 Å². The van der Waals surface area contributed by atoms with Gasteiger partial charge in [-0.15, -0.1) is 0 Å². The fourth-order valence-corrected chi connectivity index (χ4v) is 0.959. The third-order valence-electron chi connectivity index (χ3n) is 1.68. The molecular weight excluding hydrogens is 242 g/mol. The van der Waals surface area contributed by atoms with Crippen LogP contribution in [0.5, 0.6) is 0 Å². The lowest BCUT2D eigenvalue weighted by Crippen LogP contribution is -2.11. The van der Waals surface area contributed by atoms with Crippen LogP contribution in [0.3, 0.4) is 0 Å². The molecule has 0 radical (unpaired) electrons. The molecule has 0 aliphatic rings. The molecule has 0 aliphatic carbocycles. The SMILES string of the molecule is CNCCCCOCCCNC.[2H]N=P.[2H]N=P. The summed E-state index contributed by atoms with van der Waals surface area (Å²) in [5.41, 5.74) is 0. The lowest BCUT2D eigenvalue weighted by Gasteiger charge is -2.03. The van der Waals surface area contributed by atoms with Crippen LogP contribution in [0, 0.1) is 10.3 Å². The minimum absolute atomic E-state index is 0.889. The Morgan fingerprint density at radius 2 is 1.44 bits per heavy atom. The van der Waals surface area contributed by atoms with Crippen LogP contribution in [-0.4, -0.2) is 40.4 Å². The number of ether oxygens (including phenoxy) is 1. The van der Waals surface area contributed by atoms with Crippen LogP contribution < -0.4 is 10.6 Å². The summed E-state index contributed by atoms with van der Waals surface area (Å²) in [5.74, 6) is 0. The zero-order valence-electron chi connectivity index (χ0n) is 12.3. The monoisotopic (exact) mass is 270 g/mol. The van der Waals surface area contributed by atoms with E-state index in [1.165, 1.54) is 12.8 Å². The first kappa shape index (κ1) is 16.1. The molecule has 0 aromatic carbocycles. The standard InChI is InChI=1S/C9H22N2O.2H2NP/c1-10-6-3-4-8-12-9-5-7-11-2;2*1-2/h10-11H,3-9H2,1-2H3;2*1-2H/i/hD2. The Morgan fingerprint density at radius 1 is 1.00 bits per heavy atom. The Morgan fingerprint density at radius 3 is 1.94 bits per heavy atom. The second-order valence-corrected chi connectivity index (χ2v) is 2.88. The van der Waals surface area contributed by atoms with Crippen LogP contribution in [0.2, 0.25) is 2.82 Å². The Balaban J connectivity index is -0.000000315. The van der Waals surface area contributed by atoms with Gasteiger partial charge >= 0.3 is 0 Å². The van der Waals surface area contributed by atoms with E-state index in [9.17, 15) is 0 Å². The molecule has 0 atom stereocenters. The topological polar surface area (TPSA) is 81.0 Å². The molecule has 0 saturated heterocycles. The first-order valence-corrected chi connectivity index (χ1v) is 6.13. The molecule has 0 amide bonds. The van der Waals surface area contributed by atoms with E-state index in [2.05, 4.69) is 39.0 Å². The molecule has 4 N–H and O–H groups in total. The maximum atomic E-state index is 5.75. The highest BCUT2D eigenvalue weighted by atomic mass is 31.0. The van der Waals surface area contributed by atoms with Crippen LogP contribution in [0.1, 0.15) is 19.3 Å². The van der Waals surface area contributed by atoms with Gasteiger partial charge in [-0.3, -0.25) is 10.3 Å². The molecule has 0 heterocycles. The van der Waals surface area contributed by atoms with Crippen molar-refractivity contribution in [1.82, 2.24) is 10.6 Å². The highest BCUT2D eigenvalue weighted by Gasteiger charge is 1.88. The van der Waals surface area contributed by atoms with Gasteiger partial charge < -0.3 is 15.4 Å². The second-order valence-electron chi connectivity index (χ2n) is 2.88. The van der Waals surface area contributed by atoms with E-state index < -0.39 is 0 Å². The third kappa shape index (κ3) is 29.2. The average Bonchev–Trinajstić information content (AvgIpc) is 2.35. The molecule has 0 aromatic heterocycles. The summed E-state index contributed by atoms with van der Waals surface area (Å²) < 4.78 is 16.9. The number of rotatable bonds is 9. The van der Waals surface area contributed by atoms with Crippen molar-refractivity contribution >= 4 is 18.1 Å². The molecular formula is C9H26N4OP2. The minimum atomic E-state index is 0.889. The molecule has 0 aliphatic heterocycles. The summed E-state index contributed by atoms with van der Waals surface area (Å²) in [6, 6.07) is 0. The fraction of sp³-hybridized carbons (Fsp3) is 1.00. The van der Waals surface area contributed by atoms with Gasteiger partial charge in [0.05, 0.1) is 0 Å². The molecule has 16 heavy (non-hydrogen) atoms. The van der Waals surface area contributed by atoms with Crippen molar-refractivity contribution in [2.45, 2.75) is 19.3 Å². The van der Waals surface area contributed by atoms with Crippen molar-refractivity contribution in [2.75, 3.05) is 40.4 Å². The smallest absolute Gasteiger partial charge is 0.192 e. The van der Waals surface area contributed by atoms with Crippen molar-refractivity contribution in [3.05, 3.63) is 0 Å². The molecule has 0 fully saturated rings. The summed E-state index contributed by atoms with van der Waals surface area (Å²) in [6.07, 6.45) is 3.49. The average molecular weight is 270 g/mol. The highest BCUT2D eigenvalue weighted by molar-refractivity contribution is 7.02. The second kappa shape index (κ2) is 29.4. The molecule has 0 saturated carbocycles. The van der Waals surface area contributed by atoms with Gasteiger partial charge in [0.15, 0.2) is 2.82 Å². The first-order chi connectivity index (χ1) is 8.74. The zero-order valence-corrected chi connectivity index (χ0v) is 12.3. The Hall–Kier alpha value is 0.0800. The molecule has 7 heteroatoms. The van der Waals surface area contributed by atoms with Gasteiger partial charge in [-0.1, -0.05) is 0 Å². The van der Waals surface area contributed by atoms with Gasteiger partial charge in [0, 0.05) is 13.2 Å². The van der Waals surface area contributed by atoms with Crippen molar-refractivity contribution in [3.8, 4) is 0 Å². The van der Waals surface area contributed by atoms with Gasteiger partial charge in [-0.25, -0.2) is 0 Å². The van der Waals surface area contributed by atoms with E-state index in [4.69, 9.17) is 7.56 Å². The lowest BCUT2D eigenvalue weighted by molar-refractivity contribution is 0.128. The Labute approximate surface area is 107 Å². The zero-order chi connectivity index (χ0) is 14.5. The van der Waals surface area contributed by atoms with Crippen LogP contribution in [-0.2, 0) is 4.74 Å². The molecule has 0 aromatic rings. The minimum Gasteiger partial charge on any atom is -0.381 e. The van der Waals surface area contributed by atoms with Crippen LogP contribution in [0.4, 0.5) is 0 Å². The summed E-state index contributed by atoms with van der Waals surface area (Å²) in [7, 11) is 8.90. The van der Waals surface area contributed by atoms with E-state index >= 15 is 0 Å². The van der Waals surface area contributed by atoms with E-state index in [1.54, 1.807) is 0 Å². The van der Waals surface area contributed by atoms with E-state index in [-0.39, 0.29) is 0 Å². The van der Waals surface area contributed by atoms with Crippen molar-refractivity contribution in [3.63, 3.8) is 0 Å². The number of unbranched alkanes of at least 4 members (excludes halogenated alkanes) is 1. The summed E-state index contributed by atoms with van der Waals surface area (Å²) in [6.45, 7) is 3.95. The molecule has 5 nitrogen and oxygen atoms in total. The number of nitrogens with one attached hydrogen (secondary N) is 4. The maximum Gasteiger partial charge on any atom is 0.192 e. The van der Waals surface area contributed by atoms with E-state index in [0.717, 1.165) is 32.7 Å². The van der Waals surface area contributed by atoms with Crippen molar-refractivity contribution in [2.24, 2.45) is 0 Å². The molecule has 0 spiro atoms. The predicted octanol–water partition coefficient (Wildman–Crippen LogP) is 2.40. The molecule has 0 bridgehead atoms. The fourth-order valence-electron chi connectivity index (χ4n) is 0.959. The van der Waals surface area contributed by atoms with Gasteiger partial charge in [-0.2, -0.15) is 0 Å². The normalized spacial score (nSPS) is 9.62. The molecule has 98 valence electrons. The summed E-state index contributed by atoms with van der Waals surface area (Å²) >= 11 is 0. The van der Waals surface area contributed by atoms with Gasteiger partial charge in [0.1, 0.15) is 0 Å². The quantitative estimate of drug-likeness (QED) is 0.383. The van der Waals surface area contributed by atoms with Crippen molar-refractivity contribution < 1.29 is 7.56 Å². The largest absolute Gasteiger partial charge is 0.381 e. The van der Waals surface area contributed by atoms with Crippen LogP contribution in [0.25, 0.3) is 0 Å². The van der Waals surface area contributed by atoms with Crippen molar-refractivity contribution in [1.29, 1.82) is 10.3 Å². The van der Waals surface area contributed by atoms with E-state index in [0.29, 0.717) is 0 Å². The van der Waals surface area contributed by atoms with Gasteiger partial charge in [-0.05, 0) is 64.5 Å². The molecule has 0 rings (SSSR count). The van der Waals surface area contributed by atoms with Crippen LogP contribution in [0.15, 0.2) is 0 Å². The predicted molar refractivity (Wildman–Crippen MR) is 74.6 cm³/mol. The Kier molecular flexibility index (Phi) is 29.6. The number of hydrogen-bond acceptors (Lipinski definition) is 5. The maximum absolute atomic E-state index is 5.75. The highest BCUT2D eigenvalue weighted by Crippen LogP contribution is 1.89. The first-order valence-electron chi connectivity index (χ1n) is 6.13. The summed E-state index contributed by atoms with van der Waals surface area (Å²) in [4.78, 5) is 0. The van der Waals surface area contributed by atoms with Gasteiger partial charge in [0.2, 0.25) is 0 Å².